The third-order valence-corrected chi connectivity index (χ3v) is 4.60. The van der Waals surface area contributed by atoms with Crippen molar-refractivity contribution in [2.45, 2.75) is 25.6 Å². The van der Waals surface area contributed by atoms with Crippen LogP contribution in [0.2, 0.25) is 0 Å². The molecule has 3 aromatic rings. The predicted octanol–water partition coefficient (Wildman–Crippen LogP) is 3.42. The van der Waals surface area contributed by atoms with E-state index in [2.05, 4.69) is 41.2 Å². The first-order valence-electron chi connectivity index (χ1n) is 7.82. The number of nitrogens with two attached hydrogens (primary N) is 1. The van der Waals surface area contributed by atoms with Crippen molar-refractivity contribution in [3.05, 3.63) is 52.3 Å². The number of fused-ring (bicyclic) bond motifs is 1. The number of nitrogens with zero attached hydrogens (tertiary/aromatic N) is 5. The van der Waals surface area contributed by atoms with Crippen molar-refractivity contribution in [3.8, 4) is 0 Å². The summed E-state index contributed by atoms with van der Waals surface area (Å²) in [5.74, 6) is 0.790. The molecule has 0 aliphatic carbocycles. The summed E-state index contributed by atoms with van der Waals surface area (Å²) in [6.45, 7) is 11.9. The van der Waals surface area contributed by atoms with Crippen molar-refractivity contribution < 1.29 is 0 Å². The third kappa shape index (κ3) is 3.28. The van der Waals surface area contributed by atoms with Crippen LogP contribution in [0.3, 0.4) is 0 Å². The number of alkyl halides is 1. The van der Waals surface area contributed by atoms with Crippen molar-refractivity contribution in [2.75, 3.05) is 17.6 Å². The van der Waals surface area contributed by atoms with E-state index >= 15 is 0 Å². The van der Waals surface area contributed by atoms with Gasteiger partial charge in [0.1, 0.15) is 11.6 Å². The number of nitrogens with one attached hydrogen (secondary N) is 1. The van der Waals surface area contributed by atoms with E-state index in [0.717, 1.165) is 34.4 Å². The van der Waals surface area contributed by atoms with Gasteiger partial charge in [-0.1, -0.05) is 22.0 Å². The van der Waals surface area contributed by atoms with Gasteiger partial charge >= 0.3 is 0 Å². The summed E-state index contributed by atoms with van der Waals surface area (Å²) in [5.41, 5.74) is 10.9. The van der Waals surface area contributed by atoms with E-state index in [4.69, 9.17) is 12.3 Å². The molecule has 3 aromatic heterocycles. The SMILES string of the molecule is [C-]#[N+]c1c(NCCc2cccc(CBr)n2)nc2c(C)c(C)nn2c1N. The molecule has 3 N–H and O–H groups in total. The summed E-state index contributed by atoms with van der Waals surface area (Å²) in [6, 6.07) is 5.95. The van der Waals surface area contributed by atoms with Gasteiger partial charge in [0.2, 0.25) is 0 Å². The number of anilines is 2. The van der Waals surface area contributed by atoms with E-state index < -0.39 is 0 Å². The van der Waals surface area contributed by atoms with Crippen LogP contribution < -0.4 is 11.1 Å². The molecule has 0 amide bonds. The van der Waals surface area contributed by atoms with Gasteiger partial charge < -0.3 is 11.1 Å². The molecular weight excluding hydrogens is 382 g/mol. The van der Waals surface area contributed by atoms with Gasteiger partial charge in [-0.25, -0.2) is 14.3 Å². The Kier molecular flexibility index (Phi) is 4.86. The first-order chi connectivity index (χ1) is 12.0. The van der Waals surface area contributed by atoms with Crippen molar-refractivity contribution in [1.82, 2.24) is 19.6 Å². The fourth-order valence-electron chi connectivity index (χ4n) is 2.56. The Labute approximate surface area is 154 Å². The van der Waals surface area contributed by atoms with Crippen LogP contribution >= 0.6 is 15.9 Å². The Balaban J connectivity index is 1.85. The van der Waals surface area contributed by atoms with Crippen molar-refractivity contribution in [1.29, 1.82) is 0 Å². The molecule has 0 unspecified atom stereocenters. The van der Waals surface area contributed by atoms with Crippen LogP contribution in [0.25, 0.3) is 10.5 Å². The second-order valence-electron chi connectivity index (χ2n) is 5.68. The first kappa shape index (κ1) is 17.2. The minimum Gasteiger partial charge on any atom is -0.392 e. The predicted molar refractivity (Wildman–Crippen MR) is 102 cm³/mol. The minimum absolute atomic E-state index is 0.289. The number of nitrogen functional groups attached to an aromatic ring is 1. The van der Waals surface area contributed by atoms with E-state index in [1.807, 2.05) is 32.0 Å². The highest BCUT2D eigenvalue weighted by Gasteiger charge is 2.17. The Bertz CT molecular complexity index is 971. The standard InChI is InChI=1S/C17H18BrN7/c1-10-11(2)24-25-15(19)14(20-3)16(23-17(10)25)21-8-7-12-5-4-6-13(9-18)22-12/h4-6H,7-9,19H2,1-2H3,(H,21,23). The molecule has 0 saturated carbocycles. The van der Waals surface area contributed by atoms with Gasteiger partial charge in [-0.2, -0.15) is 5.10 Å². The molecule has 0 aliphatic rings. The molecule has 0 atom stereocenters. The molecule has 0 radical (unpaired) electrons. The normalized spacial score (nSPS) is 10.8. The summed E-state index contributed by atoms with van der Waals surface area (Å²) < 4.78 is 1.53. The van der Waals surface area contributed by atoms with Gasteiger partial charge in [0.15, 0.2) is 5.65 Å². The van der Waals surface area contributed by atoms with E-state index in [-0.39, 0.29) is 5.69 Å². The first-order valence-corrected chi connectivity index (χ1v) is 8.94. The van der Waals surface area contributed by atoms with Crippen LogP contribution in [-0.4, -0.2) is 26.1 Å². The zero-order chi connectivity index (χ0) is 18.0. The quantitative estimate of drug-likeness (QED) is 0.506. The maximum absolute atomic E-state index is 7.42. The third-order valence-electron chi connectivity index (χ3n) is 4.03. The highest BCUT2D eigenvalue weighted by atomic mass is 79.9. The highest BCUT2D eigenvalue weighted by Crippen LogP contribution is 2.32. The molecular formula is C17H18BrN7. The summed E-state index contributed by atoms with van der Waals surface area (Å²) in [4.78, 5) is 12.6. The highest BCUT2D eigenvalue weighted by molar-refractivity contribution is 9.08. The van der Waals surface area contributed by atoms with Gasteiger partial charge in [0.05, 0.1) is 18.0 Å². The summed E-state index contributed by atoms with van der Waals surface area (Å²) in [6.07, 6.45) is 0.725. The lowest BCUT2D eigenvalue weighted by Gasteiger charge is -2.11. The van der Waals surface area contributed by atoms with Gasteiger partial charge in [0.25, 0.3) is 5.69 Å². The fraction of sp³-hybridized carbons (Fsp3) is 0.294. The zero-order valence-electron chi connectivity index (χ0n) is 14.0. The summed E-state index contributed by atoms with van der Waals surface area (Å²) in [5, 5.41) is 8.30. The second-order valence-corrected chi connectivity index (χ2v) is 6.24. The maximum Gasteiger partial charge on any atom is 0.268 e. The van der Waals surface area contributed by atoms with Crippen LogP contribution in [0.5, 0.6) is 0 Å². The number of aryl methyl sites for hydroxylation is 2. The minimum atomic E-state index is 0.289. The van der Waals surface area contributed by atoms with Crippen molar-refractivity contribution in [3.63, 3.8) is 0 Å². The van der Waals surface area contributed by atoms with Crippen LogP contribution in [0.4, 0.5) is 17.3 Å². The Morgan fingerprint density at radius 1 is 1.28 bits per heavy atom. The van der Waals surface area contributed by atoms with Crippen LogP contribution in [0.1, 0.15) is 22.6 Å². The maximum atomic E-state index is 7.42. The summed E-state index contributed by atoms with van der Waals surface area (Å²) in [7, 11) is 0. The Hall–Kier alpha value is -2.66. The lowest BCUT2D eigenvalue weighted by Crippen LogP contribution is -2.10. The molecule has 8 heteroatoms. The lowest BCUT2D eigenvalue weighted by molar-refractivity contribution is 0.918. The molecule has 0 saturated heterocycles. The number of rotatable bonds is 5. The Morgan fingerprint density at radius 2 is 2.04 bits per heavy atom. The molecule has 3 rings (SSSR count). The van der Waals surface area contributed by atoms with Gasteiger partial charge in [-0.05, 0) is 26.0 Å². The molecule has 25 heavy (non-hydrogen) atoms. The smallest absolute Gasteiger partial charge is 0.268 e. The van der Waals surface area contributed by atoms with Gasteiger partial charge in [-0.15, -0.1) is 0 Å². The average molecular weight is 400 g/mol. The second kappa shape index (κ2) is 7.07. The molecule has 0 aromatic carbocycles. The average Bonchev–Trinajstić information content (AvgIpc) is 2.91. The van der Waals surface area contributed by atoms with Crippen molar-refractivity contribution >= 4 is 38.9 Å². The fourth-order valence-corrected chi connectivity index (χ4v) is 2.87. The number of halogens is 1. The van der Waals surface area contributed by atoms with E-state index in [1.54, 1.807) is 0 Å². The van der Waals surface area contributed by atoms with Gasteiger partial charge in [0, 0.05) is 29.6 Å². The zero-order valence-corrected chi connectivity index (χ0v) is 15.6. The molecule has 7 nitrogen and oxygen atoms in total. The van der Waals surface area contributed by atoms with E-state index in [9.17, 15) is 0 Å². The van der Waals surface area contributed by atoms with Gasteiger partial charge in [-0.3, -0.25) is 4.98 Å². The monoisotopic (exact) mass is 399 g/mol. The lowest BCUT2D eigenvalue weighted by atomic mass is 10.2. The topological polar surface area (TPSA) is 85.5 Å². The van der Waals surface area contributed by atoms with Crippen molar-refractivity contribution in [2.24, 2.45) is 0 Å². The van der Waals surface area contributed by atoms with E-state index in [1.165, 1.54) is 4.52 Å². The van der Waals surface area contributed by atoms with Crippen LogP contribution in [0.15, 0.2) is 18.2 Å². The number of hydrogen-bond donors (Lipinski definition) is 2. The molecule has 0 aliphatic heterocycles. The molecule has 0 spiro atoms. The van der Waals surface area contributed by atoms with Crippen LogP contribution in [-0.2, 0) is 11.8 Å². The molecule has 128 valence electrons. The molecule has 0 bridgehead atoms. The summed E-state index contributed by atoms with van der Waals surface area (Å²) >= 11 is 3.41. The molecule has 3 heterocycles. The number of hydrogen-bond acceptors (Lipinski definition) is 5. The number of pyridine rings is 1. The largest absolute Gasteiger partial charge is 0.392 e. The Morgan fingerprint density at radius 3 is 2.76 bits per heavy atom. The molecule has 0 fully saturated rings. The van der Waals surface area contributed by atoms with Crippen LogP contribution in [0, 0.1) is 20.4 Å². The number of aromatic nitrogens is 4. The van der Waals surface area contributed by atoms with E-state index in [0.29, 0.717) is 23.8 Å².